The Hall–Kier alpha value is -2.34. The lowest BCUT2D eigenvalue weighted by atomic mass is 9.96. The van der Waals surface area contributed by atoms with E-state index in [1.165, 1.54) is 12.0 Å². The summed E-state index contributed by atoms with van der Waals surface area (Å²) in [6, 6.07) is 5.63. The number of rotatable bonds is 4. The number of ether oxygens (including phenoxy) is 1. The monoisotopic (exact) mass is 330 g/mol. The van der Waals surface area contributed by atoms with Gasteiger partial charge in [-0.05, 0) is 56.0 Å². The van der Waals surface area contributed by atoms with Crippen molar-refractivity contribution >= 4 is 22.8 Å². The number of aryl methyl sites for hydroxylation is 2. The van der Waals surface area contributed by atoms with Gasteiger partial charge in [-0.25, -0.2) is 0 Å². The maximum atomic E-state index is 13.0. The maximum Gasteiger partial charge on any atom is 0.290 e. The van der Waals surface area contributed by atoms with Crippen LogP contribution in [0.15, 0.2) is 22.6 Å². The Bertz CT molecular complexity index is 772. The van der Waals surface area contributed by atoms with Crippen molar-refractivity contribution in [1.29, 1.82) is 0 Å². The zero-order chi connectivity index (χ0) is 17.5. The number of primary amides is 1. The van der Waals surface area contributed by atoms with Crippen molar-refractivity contribution in [3.8, 4) is 0 Å². The van der Waals surface area contributed by atoms with Crippen molar-refractivity contribution in [2.75, 3.05) is 20.3 Å². The third-order valence-corrected chi connectivity index (χ3v) is 4.92. The molecule has 2 heterocycles. The van der Waals surface area contributed by atoms with E-state index in [0.717, 1.165) is 16.5 Å². The number of methoxy groups -OCH3 is 1. The molecule has 1 aliphatic rings. The van der Waals surface area contributed by atoms with Crippen LogP contribution in [-0.2, 0) is 9.53 Å². The maximum absolute atomic E-state index is 13.0. The number of nitrogens with two attached hydrogens (primary N) is 1. The summed E-state index contributed by atoms with van der Waals surface area (Å²) in [6.45, 7) is 4.56. The van der Waals surface area contributed by atoms with Crippen LogP contribution in [0.4, 0.5) is 0 Å². The summed E-state index contributed by atoms with van der Waals surface area (Å²) in [5.74, 6) is -0.647. The molecule has 3 rings (SSSR count). The van der Waals surface area contributed by atoms with E-state index in [4.69, 9.17) is 14.9 Å². The minimum atomic E-state index is -1.10. The van der Waals surface area contributed by atoms with Crippen molar-refractivity contribution in [2.24, 2.45) is 5.73 Å². The molecule has 2 amide bonds. The highest BCUT2D eigenvalue weighted by Gasteiger charge is 2.49. The number of fused-ring (bicyclic) bond motifs is 1. The molecule has 128 valence electrons. The lowest BCUT2D eigenvalue weighted by Gasteiger charge is -2.34. The van der Waals surface area contributed by atoms with E-state index in [9.17, 15) is 9.59 Å². The average molecular weight is 330 g/mol. The normalized spacial score (nSPS) is 20.7. The first-order chi connectivity index (χ1) is 11.4. The summed E-state index contributed by atoms with van der Waals surface area (Å²) in [4.78, 5) is 26.5. The molecule has 1 unspecified atom stereocenters. The lowest BCUT2D eigenvalue weighted by Crippen LogP contribution is -2.58. The smallest absolute Gasteiger partial charge is 0.290 e. The minimum absolute atomic E-state index is 0.0898. The Morgan fingerprint density at radius 3 is 2.67 bits per heavy atom. The van der Waals surface area contributed by atoms with Gasteiger partial charge in [0.05, 0.1) is 6.61 Å². The summed E-state index contributed by atoms with van der Waals surface area (Å²) < 4.78 is 10.9. The van der Waals surface area contributed by atoms with Gasteiger partial charge in [0, 0.05) is 19.0 Å². The summed E-state index contributed by atoms with van der Waals surface area (Å²) in [5, 5.41) is 0.872. The van der Waals surface area contributed by atoms with E-state index in [2.05, 4.69) is 0 Å². The molecule has 1 aromatic heterocycles. The molecule has 0 saturated carbocycles. The standard InChI is InChI=1S/C18H22N2O4/c1-11-7-13-9-15(24-14(13)8-12(11)2)16(21)20-6-4-5-18(20,10-23-3)17(19)22/h7-9H,4-6,10H2,1-3H3,(H2,19,22). The molecule has 1 saturated heterocycles. The summed E-state index contributed by atoms with van der Waals surface area (Å²) >= 11 is 0. The Labute approximate surface area is 140 Å². The van der Waals surface area contributed by atoms with Crippen LogP contribution in [0.5, 0.6) is 0 Å². The molecule has 0 radical (unpaired) electrons. The number of carbonyl (C=O) groups excluding carboxylic acids is 2. The number of amides is 2. The van der Waals surface area contributed by atoms with Crippen molar-refractivity contribution in [2.45, 2.75) is 32.2 Å². The fourth-order valence-corrected chi connectivity index (χ4v) is 3.43. The van der Waals surface area contributed by atoms with Crippen LogP contribution >= 0.6 is 0 Å². The average Bonchev–Trinajstić information content (AvgIpc) is 3.12. The van der Waals surface area contributed by atoms with Crippen LogP contribution < -0.4 is 5.73 Å². The molecule has 1 aromatic carbocycles. The molecule has 0 aliphatic carbocycles. The highest BCUT2D eigenvalue weighted by Crippen LogP contribution is 2.32. The number of nitrogens with zero attached hydrogens (tertiary/aromatic N) is 1. The molecule has 24 heavy (non-hydrogen) atoms. The first-order valence-corrected chi connectivity index (χ1v) is 8.00. The van der Waals surface area contributed by atoms with E-state index in [1.54, 1.807) is 6.07 Å². The first kappa shape index (κ1) is 16.5. The van der Waals surface area contributed by atoms with Gasteiger partial charge in [0.25, 0.3) is 5.91 Å². The molecule has 1 fully saturated rings. The van der Waals surface area contributed by atoms with Gasteiger partial charge < -0.3 is 19.8 Å². The van der Waals surface area contributed by atoms with Gasteiger partial charge >= 0.3 is 0 Å². The first-order valence-electron chi connectivity index (χ1n) is 8.00. The number of hydrogen-bond donors (Lipinski definition) is 1. The van der Waals surface area contributed by atoms with E-state index in [0.29, 0.717) is 25.0 Å². The fraction of sp³-hybridized carbons (Fsp3) is 0.444. The van der Waals surface area contributed by atoms with Crippen molar-refractivity contribution in [3.05, 3.63) is 35.1 Å². The quantitative estimate of drug-likeness (QED) is 0.931. The predicted molar refractivity (Wildman–Crippen MR) is 89.8 cm³/mol. The predicted octanol–water partition coefficient (Wildman–Crippen LogP) is 2.16. The van der Waals surface area contributed by atoms with Crippen LogP contribution in [0.1, 0.15) is 34.5 Å². The number of hydrogen-bond acceptors (Lipinski definition) is 4. The van der Waals surface area contributed by atoms with Crippen LogP contribution in [0.25, 0.3) is 11.0 Å². The number of likely N-dealkylation sites (tertiary alicyclic amines) is 1. The second-order valence-corrected chi connectivity index (χ2v) is 6.47. The van der Waals surface area contributed by atoms with Crippen LogP contribution in [0.2, 0.25) is 0 Å². The fourth-order valence-electron chi connectivity index (χ4n) is 3.43. The van der Waals surface area contributed by atoms with Crippen molar-refractivity contribution in [3.63, 3.8) is 0 Å². The van der Waals surface area contributed by atoms with Crippen LogP contribution in [-0.4, -0.2) is 42.5 Å². The van der Waals surface area contributed by atoms with Crippen LogP contribution in [0.3, 0.4) is 0 Å². The number of carbonyl (C=O) groups is 2. The van der Waals surface area contributed by atoms with E-state index < -0.39 is 11.4 Å². The van der Waals surface area contributed by atoms with E-state index in [-0.39, 0.29) is 18.3 Å². The zero-order valence-electron chi connectivity index (χ0n) is 14.2. The highest BCUT2D eigenvalue weighted by atomic mass is 16.5. The van der Waals surface area contributed by atoms with Crippen molar-refractivity contribution < 1.29 is 18.7 Å². The Morgan fingerprint density at radius 1 is 1.29 bits per heavy atom. The highest BCUT2D eigenvalue weighted by molar-refractivity contribution is 6.00. The Kier molecular flexibility index (Phi) is 4.09. The molecule has 6 heteroatoms. The molecule has 0 spiro atoms. The summed E-state index contributed by atoms with van der Waals surface area (Å²) in [7, 11) is 1.50. The minimum Gasteiger partial charge on any atom is -0.451 e. The SMILES string of the molecule is COCC1(C(N)=O)CCCN1C(=O)c1cc2cc(C)c(C)cc2o1. The van der Waals surface area contributed by atoms with E-state index in [1.807, 2.05) is 26.0 Å². The third kappa shape index (κ3) is 2.47. The molecule has 0 bridgehead atoms. The van der Waals surface area contributed by atoms with Gasteiger partial charge in [-0.15, -0.1) is 0 Å². The van der Waals surface area contributed by atoms with Crippen molar-refractivity contribution in [1.82, 2.24) is 4.90 Å². The molecule has 6 nitrogen and oxygen atoms in total. The third-order valence-electron chi connectivity index (χ3n) is 4.92. The molecule has 1 atom stereocenters. The van der Waals surface area contributed by atoms with Gasteiger partial charge in [-0.3, -0.25) is 9.59 Å². The zero-order valence-corrected chi connectivity index (χ0v) is 14.2. The van der Waals surface area contributed by atoms with Gasteiger partial charge in [0.2, 0.25) is 5.91 Å². The van der Waals surface area contributed by atoms with Crippen LogP contribution in [0, 0.1) is 13.8 Å². The molecular formula is C18H22N2O4. The Balaban J connectivity index is 2.00. The van der Waals surface area contributed by atoms with Gasteiger partial charge in [-0.1, -0.05) is 0 Å². The summed E-state index contributed by atoms with van der Waals surface area (Å²) in [6.07, 6.45) is 1.21. The van der Waals surface area contributed by atoms with Gasteiger partial charge in [-0.2, -0.15) is 0 Å². The second kappa shape index (κ2) is 5.94. The molecular weight excluding hydrogens is 308 g/mol. The largest absolute Gasteiger partial charge is 0.451 e. The summed E-state index contributed by atoms with van der Waals surface area (Å²) in [5.41, 5.74) is 7.39. The molecule has 2 N–H and O–H groups in total. The van der Waals surface area contributed by atoms with E-state index >= 15 is 0 Å². The number of benzene rings is 1. The Morgan fingerprint density at radius 2 is 2.00 bits per heavy atom. The van der Waals surface area contributed by atoms with Gasteiger partial charge in [0.15, 0.2) is 5.76 Å². The second-order valence-electron chi connectivity index (χ2n) is 6.47. The lowest BCUT2D eigenvalue weighted by molar-refractivity contribution is -0.130. The molecule has 1 aliphatic heterocycles. The molecule has 2 aromatic rings. The topological polar surface area (TPSA) is 85.8 Å². The number of furan rings is 1. The van der Waals surface area contributed by atoms with Gasteiger partial charge in [0.1, 0.15) is 11.1 Å².